The Morgan fingerprint density at radius 1 is 1.18 bits per heavy atom. The molecule has 5 rings (SSSR count). The number of anilines is 1. The van der Waals surface area contributed by atoms with Crippen molar-refractivity contribution in [3.63, 3.8) is 0 Å². The molecule has 1 fully saturated rings. The minimum atomic E-state index is -0.702. The van der Waals surface area contributed by atoms with Crippen molar-refractivity contribution in [2.24, 2.45) is 5.41 Å². The summed E-state index contributed by atoms with van der Waals surface area (Å²) < 4.78 is 11.2. The second kappa shape index (κ2) is 15.1. The van der Waals surface area contributed by atoms with Gasteiger partial charge in [-0.25, -0.2) is 9.97 Å². The van der Waals surface area contributed by atoms with Crippen molar-refractivity contribution in [3.05, 3.63) is 71.1 Å². The lowest BCUT2D eigenvalue weighted by molar-refractivity contribution is -0.140. The largest absolute Gasteiger partial charge is 0.485 e. The average Bonchev–Trinajstić information content (AvgIpc) is 3.53. The lowest BCUT2D eigenvalue weighted by Gasteiger charge is -2.36. The first-order chi connectivity index (χ1) is 21.1. The molecule has 2 aliphatic heterocycles. The minimum absolute atomic E-state index is 0. The minimum Gasteiger partial charge on any atom is -0.485 e. The molecule has 1 aromatic carbocycles. The molecule has 2 amide bonds. The standard InChI is InChI=1S/C33H44N6O5.H2S/c1-22-28-10-12-38(18-24(28)5-6-29(22)43-20-27-17-34-21-44-27)19-26(40)16-36-31(41)23-7-11-35-30(15-23)37-25-8-13-39(14-9-25)32(42)33(2,3)4;/h5-7,11,15,17,21,25-26,40H,8-10,12-14,16,18-20H2,1-4H3,(H,35,37)(H,36,41);1H2/t26-;/m0./s1. The van der Waals surface area contributed by atoms with Gasteiger partial charge in [0, 0.05) is 62.5 Å². The van der Waals surface area contributed by atoms with Crippen LogP contribution in [0.2, 0.25) is 0 Å². The number of nitrogens with one attached hydrogen (secondary N) is 2. The zero-order valence-electron chi connectivity index (χ0n) is 26.6. The quantitative estimate of drug-likeness (QED) is 0.304. The highest BCUT2D eigenvalue weighted by atomic mass is 32.1. The Balaban J connectivity index is 0.00000461. The summed E-state index contributed by atoms with van der Waals surface area (Å²) in [4.78, 5) is 37.9. The lowest BCUT2D eigenvalue weighted by atomic mass is 9.93. The summed E-state index contributed by atoms with van der Waals surface area (Å²) in [6.45, 7) is 11.8. The molecule has 45 heavy (non-hydrogen) atoms. The second-order valence-electron chi connectivity index (χ2n) is 12.8. The number of ether oxygens (including phenoxy) is 1. The topological polar surface area (TPSA) is 133 Å². The predicted octanol–water partition coefficient (Wildman–Crippen LogP) is 3.67. The van der Waals surface area contributed by atoms with E-state index >= 15 is 0 Å². The SMILES string of the molecule is Cc1c(OCc2cnco2)ccc2c1CCN(C[C@@H](O)CNC(=O)c1ccnc(NC3CCN(C(=O)C(C)(C)C)CC3)c1)C2.S. The Kier molecular flexibility index (Phi) is 11.5. The monoisotopic (exact) mass is 638 g/mol. The highest BCUT2D eigenvalue weighted by Crippen LogP contribution is 2.30. The molecule has 0 spiro atoms. The molecular formula is C33H46N6O5S. The van der Waals surface area contributed by atoms with Crippen LogP contribution in [0.5, 0.6) is 5.75 Å². The number of benzene rings is 1. The lowest BCUT2D eigenvalue weighted by Crippen LogP contribution is -2.46. The third-order valence-electron chi connectivity index (χ3n) is 8.34. The van der Waals surface area contributed by atoms with Gasteiger partial charge in [-0.05, 0) is 61.1 Å². The number of β-amino-alcohol motifs (C(OH)–C–C–N with tert-alkyl or cyclic N) is 1. The van der Waals surface area contributed by atoms with E-state index < -0.39 is 6.10 Å². The van der Waals surface area contributed by atoms with Crippen LogP contribution < -0.4 is 15.4 Å². The number of nitrogens with zero attached hydrogens (tertiary/aromatic N) is 4. The van der Waals surface area contributed by atoms with Crippen LogP contribution in [0.15, 0.2) is 47.5 Å². The van der Waals surface area contributed by atoms with Crippen LogP contribution in [-0.4, -0.2) is 81.6 Å². The molecular weight excluding hydrogens is 592 g/mol. The fourth-order valence-corrected chi connectivity index (χ4v) is 5.89. The van der Waals surface area contributed by atoms with Crippen LogP contribution in [0, 0.1) is 12.3 Å². The number of aliphatic hydroxyl groups is 1. The number of rotatable bonds is 10. The van der Waals surface area contributed by atoms with E-state index in [1.165, 1.54) is 17.5 Å². The fraction of sp³-hybridized carbons (Fsp3) is 0.515. The number of aromatic nitrogens is 2. The molecule has 12 heteroatoms. The molecule has 4 heterocycles. The van der Waals surface area contributed by atoms with Crippen molar-refractivity contribution >= 4 is 31.1 Å². The van der Waals surface area contributed by atoms with Crippen LogP contribution in [0.3, 0.4) is 0 Å². The second-order valence-corrected chi connectivity index (χ2v) is 12.8. The summed E-state index contributed by atoms with van der Waals surface area (Å²) in [6, 6.07) is 7.66. The van der Waals surface area contributed by atoms with Gasteiger partial charge in [0.2, 0.25) is 5.91 Å². The Morgan fingerprint density at radius 2 is 1.96 bits per heavy atom. The van der Waals surface area contributed by atoms with Gasteiger partial charge in [0.15, 0.2) is 12.2 Å². The first-order valence-corrected chi connectivity index (χ1v) is 15.4. The normalized spacial score (nSPS) is 16.3. The van der Waals surface area contributed by atoms with Gasteiger partial charge in [0.05, 0.1) is 12.3 Å². The first kappa shape index (κ1) is 34.3. The highest BCUT2D eigenvalue weighted by Gasteiger charge is 2.30. The Hall–Kier alpha value is -3.61. The number of pyridine rings is 1. The van der Waals surface area contributed by atoms with Crippen LogP contribution >= 0.6 is 13.5 Å². The van der Waals surface area contributed by atoms with Gasteiger partial charge >= 0.3 is 0 Å². The number of hydrogen-bond acceptors (Lipinski definition) is 9. The van der Waals surface area contributed by atoms with E-state index in [9.17, 15) is 14.7 Å². The van der Waals surface area contributed by atoms with Gasteiger partial charge in [-0.15, -0.1) is 0 Å². The average molecular weight is 639 g/mol. The number of aliphatic hydroxyl groups excluding tert-OH is 1. The van der Waals surface area contributed by atoms with Crippen molar-refractivity contribution in [1.82, 2.24) is 25.1 Å². The smallest absolute Gasteiger partial charge is 0.251 e. The fourth-order valence-electron chi connectivity index (χ4n) is 5.89. The third-order valence-corrected chi connectivity index (χ3v) is 8.34. The van der Waals surface area contributed by atoms with Crippen molar-refractivity contribution in [2.45, 2.75) is 72.3 Å². The molecule has 2 aliphatic rings. The summed E-state index contributed by atoms with van der Waals surface area (Å²) in [5.41, 5.74) is 3.74. The summed E-state index contributed by atoms with van der Waals surface area (Å²) in [7, 11) is 0. The van der Waals surface area contributed by atoms with Gasteiger partial charge in [0.1, 0.15) is 18.2 Å². The maximum absolute atomic E-state index is 12.9. The summed E-state index contributed by atoms with van der Waals surface area (Å²) in [6.07, 6.45) is 6.46. The number of carbonyl (C=O) groups is 2. The number of likely N-dealkylation sites (tertiary alicyclic amines) is 1. The van der Waals surface area contributed by atoms with Crippen LogP contribution in [0.25, 0.3) is 0 Å². The molecule has 0 aliphatic carbocycles. The van der Waals surface area contributed by atoms with E-state index in [2.05, 4.69) is 38.5 Å². The van der Waals surface area contributed by atoms with E-state index in [1.807, 2.05) is 31.7 Å². The maximum atomic E-state index is 12.9. The molecule has 0 unspecified atom stereocenters. The van der Waals surface area contributed by atoms with Crippen molar-refractivity contribution in [1.29, 1.82) is 0 Å². The maximum Gasteiger partial charge on any atom is 0.251 e. The van der Waals surface area contributed by atoms with Gasteiger partial charge in [-0.1, -0.05) is 26.8 Å². The summed E-state index contributed by atoms with van der Waals surface area (Å²) in [5, 5.41) is 17.0. The van der Waals surface area contributed by atoms with Gasteiger partial charge < -0.3 is 29.8 Å². The number of piperidine rings is 1. The van der Waals surface area contributed by atoms with E-state index in [1.54, 1.807) is 24.5 Å². The van der Waals surface area contributed by atoms with Crippen LogP contribution in [0.1, 0.15) is 66.4 Å². The predicted molar refractivity (Wildman–Crippen MR) is 177 cm³/mol. The van der Waals surface area contributed by atoms with E-state index in [0.717, 1.165) is 43.7 Å². The Labute approximate surface area is 272 Å². The summed E-state index contributed by atoms with van der Waals surface area (Å²) in [5.74, 6) is 2.07. The molecule has 0 radical (unpaired) electrons. The molecule has 3 N–H and O–H groups in total. The molecule has 2 aromatic heterocycles. The number of carbonyl (C=O) groups excluding carboxylic acids is 2. The molecule has 3 aromatic rings. The van der Waals surface area contributed by atoms with Crippen molar-refractivity contribution in [3.8, 4) is 5.75 Å². The van der Waals surface area contributed by atoms with Gasteiger partial charge in [-0.2, -0.15) is 13.5 Å². The molecule has 0 saturated carbocycles. The molecule has 11 nitrogen and oxygen atoms in total. The van der Waals surface area contributed by atoms with E-state index in [4.69, 9.17) is 9.15 Å². The van der Waals surface area contributed by atoms with Crippen molar-refractivity contribution < 1.29 is 23.8 Å². The number of oxazole rings is 1. The van der Waals surface area contributed by atoms with Crippen LogP contribution in [0.4, 0.5) is 5.82 Å². The number of fused-ring (bicyclic) bond motifs is 1. The van der Waals surface area contributed by atoms with Gasteiger partial charge in [0.25, 0.3) is 5.91 Å². The zero-order valence-corrected chi connectivity index (χ0v) is 27.6. The highest BCUT2D eigenvalue weighted by molar-refractivity contribution is 7.59. The van der Waals surface area contributed by atoms with E-state index in [-0.39, 0.29) is 43.3 Å². The Bertz CT molecular complexity index is 1440. The Morgan fingerprint density at radius 3 is 2.67 bits per heavy atom. The molecule has 0 bridgehead atoms. The van der Waals surface area contributed by atoms with E-state index in [0.29, 0.717) is 43.4 Å². The van der Waals surface area contributed by atoms with Crippen molar-refractivity contribution in [2.75, 3.05) is 38.0 Å². The zero-order chi connectivity index (χ0) is 31.3. The van der Waals surface area contributed by atoms with Crippen LogP contribution in [-0.2, 0) is 24.4 Å². The summed E-state index contributed by atoms with van der Waals surface area (Å²) >= 11 is 0. The first-order valence-electron chi connectivity index (χ1n) is 15.4. The van der Waals surface area contributed by atoms with Gasteiger partial charge in [-0.3, -0.25) is 14.5 Å². The number of amides is 2. The molecule has 1 atom stereocenters. The molecule has 1 saturated heterocycles. The molecule has 244 valence electrons. The number of hydrogen-bond donors (Lipinski definition) is 3. The third kappa shape index (κ3) is 8.99.